The van der Waals surface area contributed by atoms with Crippen LogP contribution in [0, 0.1) is 34.3 Å². The molecule has 0 bridgehead atoms. The first kappa shape index (κ1) is 22.6. The van der Waals surface area contributed by atoms with Gasteiger partial charge in [-0.3, -0.25) is 0 Å². The summed E-state index contributed by atoms with van der Waals surface area (Å²) in [6, 6.07) is 27.6. The van der Waals surface area contributed by atoms with E-state index in [2.05, 4.69) is 98.9 Å². The van der Waals surface area contributed by atoms with Gasteiger partial charge >= 0.3 is 0 Å². The van der Waals surface area contributed by atoms with Gasteiger partial charge in [0.2, 0.25) is 0 Å². The number of hydrogen-bond donors (Lipinski definition) is 0. The third-order valence-electron chi connectivity index (χ3n) is 6.83. The normalized spacial score (nSPS) is 11.2. The molecule has 2 aromatic heterocycles. The Hall–Kier alpha value is -4.82. The number of fused-ring (bicyclic) bond motifs is 3. The van der Waals surface area contributed by atoms with Gasteiger partial charge in [-0.2, -0.15) is 0 Å². The third kappa shape index (κ3) is 3.84. The van der Waals surface area contributed by atoms with E-state index < -0.39 is 0 Å². The van der Waals surface area contributed by atoms with E-state index in [1.165, 1.54) is 33.0 Å². The van der Waals surface area contributed by atoms with Gasteiger partial charge in [0.15, 0.2) is 11.5 Å². The summed E-state index contributed by atoms with van der Waals surface area (Å²) in [5, 5.41) is 2.36. The van der Waals surface area contributed by atoms with Crippen LogP contribution in [-0.4, -0.2) is 19.5 Å². The molecule has 178 valence electrons. The Labute approximate surface area is 215 Å². The Morgan fingerprint density at radius 2 is 1.41 bits per heavy atom. The Morgan fingerprint density at radius 1 is 0.676 bits per heavy atom. The van der Waals surface area contributed by atoms with Crippen LogP contribution in [-0.2, 0) is 0 Å². The molecule has 0 unspecified atom stereocenters. The van der Waals surface area contributed by atoms with Crippen molar-refractivity contribution in [2.75, 3.05) is 0 Å². The van der Waals surface area contributed by atoms with Crippen molar-refractivity contribution in [3.63, 3.8) is 0 Å². The Morgan fingerprint density at radius 3 is 2.16 bits per heavy atom. The maximum atomic E-state index is 7.92. The van der Waals surface area contributed by atoms with Gasteiger partial charge in [-0.25, -0.2) is 19.8 Å². The number of aryl methyl sites for hydroxylation is 4. The first-order valence-electron chi connectivity index (χ1n) is 12.3. The molecule has 5 nitrogen and oxygen atoms in total. The van der Waals surface area contributed by atoms with Crippen molar-refractivity contribution in [2.24, 2.45) is 0 Å². The molecule has 0 fully saturated rings. The quantitative estimate of drug-likeness (QED) is 0.241. The highest BCUT2D eigenvalue weighted by Gasteiger charge is 2.16. The van der Waals surface area contributed by atoms with Crippen LogP contribution in [0.3, 0.4) is 0 Å². The summed E-state index contributed by atoms with van der Waals surface area (Å²) in [5.74, 6) is 1.81. The van der Waals surface area contributed by atoms with Crippen molar-refractivity contribution in [2.45, 2.75) is 27.7 Å². The van der Waals surface area contributed by atoms with E-state index in [0.717, 1.165) is 16.7 Å². The summed E-state index contributed by atoms with van der Waals surface area (Å²) in [7, 11) is 0. The smallest absolute Gasteiger partial charge is 0.200 e. The molecule has 0 atom stereocenters. The summed E-state index contributed by atoms with van der Waals surface area (Å²) in [4.78, 5) is 17.1. The monoisotopic (exact) mass is 479 g/mol. The Balaban J connectivity index is 1.60. The van der Waals surface area contributed by atoms with Crippen molar-refractivity contribution in [3.05, 3.63) is 113 Å². The molecule has 2 heterocycles. The van der Waals surface area contributed by atoms with Gasteiger partial charge in [0.05, 0.1) is 17.6 Å². The van der Waals surface area contributed by atoms with E-state index in [-0.39, 0.29) is 0 Å². The van der Waals surface area contributed by atoms with Crippen LogP contribution in [0.2, 0.25) is 0 Å². The molecule has 0 aliphatic rings. The molecule has 37 heavy (non-hydrogen) atoms. The Bertz CT molecular complexity index is 1870. The first-order valence-corrected chi connectivity index (χ1v) is 12.3. The standard InChI is InChI=1S/C32H25N5/c1-19-10-13-25(20(2)16-19)23-11-14-27-26-8-6-7-9-30(26)37(31(27)17-23)24-12-15-28(29(18-24)33-5)32-35-21(3)34-22(4)36-32/h6-18H,1-4H3. The minimum Gasteiger partial charge on any atom is -0.310 e. The lowest BCUT2D eigenvalue weighted by molar-refractivity contribution is 0.929. The zero-order chi connectivity index (χ0) is 25.7. The molecule has 6 aromatic rings. The van der Waals surface area contributed by atoms with E-state index in [4.69, 9.17) is 6.57 Å². The van der Waals surface area contributed by atoms with Gasteiger partial charge in [-0.05, 0) is 68.7 Å². The van der Waals surface area contributed by atoms with E-state index in [1.54, 1.807) is 0 Å². The van der Waals surface area contributed by atoms with E-state index in [9.17, 15) is 0 Å². The largest absolute Gasteiger partial charge is 0.310 e. The lowest BCUT2D eigenvalue weighted by Gasteiger charge is -2.12. The van der Waals surface area contributed by atoms with Crippen LogP contribution >= 0.6 is 0 Å². The van der Waals surface area contributed by atoms with Crippen LogP contribution in [0.25, 0.3) is 54.9 Å². The van der Waals surface area contributed by atoms with Crippen LogP contribution < -0.4 is 0 Å². The highest BCUT2D eigenvalue weighted by atomic mass is 15.0. The molecule has 0 saturated carbocycles. The van der Waals surface area contributed by atoms with Crippen LogP contribution in [0.15, 0.2) is 78.9 Å². The summed E-state index contributed by atoms with van der Waals surface area (Å²) >= 11 is 0. The maximum absolute atomic E-state index is 7.92. The minimum absolute atomic E-state index is 0.513. The van der Waals surface area contributed by atoms with Crippen LogP contribution in [0.4, 0.5) is 5.69 Å². The molecule has 0 spiro atoms. The number of rotatable bonds is 3. The SMILES string of the molecule is [C-]#[N+]c1cc(-n2c3ccccc3c3ccc(-c4ccc(C)cc4C)cc32)ccc1-c1nc(C)nc(C)n1. The van der Waals surface area contributed by atoms with Gasteiger partial charge < -0.3 is 4.57 Å². The average Bonchev–Trinajstić information content (AvgIpc) is 3.21. The lowest BCUT2D eigenvalue weighted by atomic mass is 9.98. The highest BCUT2D eigenvalue weighted by Crippen LogP contribution is 2.38. The van der Waals surface area contributed by atoms with Crippen molar-refractivity contribution in [1.82, 2.24) is 19.5 Å². The molecule has 0 radical (unpaired) electrons. The minimum atomic E-state index is 0.513. The molecule has 6 rings (SSSR count). The summed E-state index contributed by atoms with van der Waals surface area (Å²) in [6.07, 6.45) is 0. The number of aromatic nitrogens is 4. The molecule has 0 saturated heterocycles. The van der Waals surface area contributed by atoms with E-state index in [0.29, 0.717) is 28.7 Å². The van der Waals surface area contributed by atoms with E-state index >= 15 is 0 Å². The Kier molecular flexibility index (Phi) is 5.31. The summed E-state index contributed by atoms with van der Waals surface area (Å²) in [5.41, 5.74) is 9.27. The molecule has 0 aliphatic carbocycles. The number of benzene rings is 4. The fraction of sp³-hybridized carbons (Fsp3) is 0.125. The van der Waals surface area contributed by atoms with Gasteiger partial charge in [0.1, 0.15) is 11.6 Å². The molecule has 5 heteroatoms. The molecule has 4 aromatic carbocycles. The number of nitrogens with zero attached hydrogens (tertiary/aromatic N) is 5. The zero-order valence-corrected chi connectivity index (χ0v) is 21.2. The number of para-hydroxylation sites is 1. The second-order valence-corrected chi connectivity index (χ2v) is 9.47. The van der Waals surface area contributed by atoms with E-state index in [1.807, 2.05) is 32.0 Å². The fourth-order valence-corrected chi connectivity index (χ4v) is 5.23. The van der Waals surface area contributed by atoms with Gasteiger partial charge in [-0.15, -0.1) is 0 Å². The molecule has 0 N–H and O–H groups in total. The first-order chi connectivity index (χ1) is 17.9. The van der Waals surface area contributed by atoms with Crippen molar-refractivity contribution in [1.29, 1.82) is 0 Å². The number of hydrogen-bond acceptors (Lipinski definition) is 3. The molecule has 0 aliphatic heterocycles. The van der Waals surface area contributed by atoms with Gasteiger partial charge in [0, 0.05) is 22.0 Å². The second-order valence-electron chi connectivity index (χ2n) is 9.47. The predicted octanol–water partition coefficient (Wildman–Crippen LogP) is 8.09. The molecule has 0 amide bonds. The average molecular weight is 480 g/mol. The predicted molar refractivity (Wildman–Crippen MR) is 150 cm³/mol. The van der Waals surface area contributed by atoms with Crippen molar-refractivity contribution in [3.8, 4) is 28.2 Å². The third-order valence-corrected chi connectivity index (χ3v) is 6.83. The summed E-state index contributed by atoms with van der Waals surface area (Å²) in [6.45, 7) is 15.9. The van der Waals surface area contributed by atoms with Gasteiger partial charge in [-0.1, -0.05) is 60.2 Å². The zero-order valence-electron chi connectivity index (χ0n) is 21.2. The van der Waals surface area contributed by atoms with Crippen LogP contribution in [0.1, 0.15) is 22.8 Å². The van der Waals surface area contributed by atoms with Crippen molar-refractivity contribution >= 4 is 27.5 Å². The fourth-order valence-electron chi connectivity index (χ4n) is 5.23. The second kappa shape index (κ2) is 8.69. The molecular weight excluding hydrogens is 454 g/mol. The summed E-state index contributed by atoms with van der Waals surface area (Å²) < 4.78 is 2.25. The van der Waals surface area contributed by atoms with Crippen molar-refractivity contribution < 1.29 is 0 Å². The lowest BCUT2D eigenvalue weighted by Crippen LogP contribution is -2.00. The maximum Gasteiger partial charge on any atom is 0.200 e. The molecular formula is C32H25N5. The highest BCUT2D eigenvalue weighted by molar-refractivity contribution is 6.10. The van der Waals surface area contributed by atoms with Gasteiger partial charge in [0.25, 0.3) is 0 Å². The van der Waals surface area contributed by atoms with Crippen LogP contribution in [0.5, 0.6) is 0 Å². The topological polar surface area (TPSA) is 48.0 Å².